The number of rotatable bonds is 3. The number of carbonyl (C=O) groups excluding carboxylic acids is 1. The Bertz CT molecular complexity index is 235. The van der Waals surface area contributed by atoms with E-state index in [1.54, 1.807) is 0 Å². The van der Waals surface area contributed by atoms with Gasteiger partial charge in [0, 0.05) is 0 Å². The van der Waals surface area contributed by atoms with Crippen molar-refractivity contribution in [2.24, 2.45) is 17.8 Å². The second-order valence-electron chi connectivity index (χ2n) is 5.45. The van der Waals surface area contributed by atoms with E-state index in [1.165, 1.54) is 13.3 Å². The SMILES string of the molecule is CC(O)C(=O)OC1CC(C(C)C)CCC1C. The molecule has 4 unspecified atom stereocenters. The zero-order valence-corrected chi connectivity index (χ0v) is 10.8. The number of esters is 1. The molecule has 4 atom stereocenters. The van der Waals surface area contributed by atoms with Gasteiger partial charge in [0.05, 0.1) is 0 Å². The van der Waals surface area contributed by atoms with Crippen LogP contribution in [0.4, 0.5) is 0 Å². The highest BCUT2D eigenvalue weighted by Crippen LogP contribution is 2.35. The van der Waals surface area contributed by atoms with Gasteiger partial charge in [-0.2, -0.15) is 0 Å². The molecule has 3 heteroatoms. The molecular formula is C13H24O3. The Kier molecular flexibility index (Phi) is 4.78. The predicted octanol–water partition coefficient (Wildman–Crippen LogP) is 2.37. The number of carbonyl (C=O) groups is 1. The fourth-order valence-electron chi connectivity index (χ4n) is 2.33. The summed E-state index contributed by atoms with van der Waals surface area (Å²) in [6.45, 7) is 8.01. The van der Waals surface area contributed by atoms with Crippen LogP contribution in [0.15, 0.2) is 0 Å². The lowest BCUT2D eigenvalue weighted by Gasteiger charge is -2.35. The number of aliphatic hydroxyl groups excluding tert-OH is 1. The third-order valence-electron chi connectivity index (χ3n) is 3.71. The van der Waals surface area contributed by atoms with Gasteiger partial charge in [0.15, 0.2) is 0 Å². The van der Waals surface area contributed by atoms with Gasteiger partial charge in [-0.05, 0) is 43.9 Å². The Morgan fingerprint density at radius 3 is 2.44 bits per heavy atom. The summed E-state index contributed by atoms with van der Waals surface area (Å²) >= 11 is 0. The second-order valence-corrected chi connectivity index (χ2v) is 5.45. The van der Waals surface area contributed by atoms with Crippen molar-refractivity contribution in [3.05, 3.63) is 0 Å². The normalized spacial score (nSPS) is 32.5. The molecule has 1 rings (SSSR count). The molecule has 1 aliphatic rings. The minimum Gasteiger partial charge on any atom is -0.460 e. The summed E-state index contributed by atoms with van der Waals surface area (Å²) in [7, 11) is 0. The highest BCUT2D eigenvalue weighted by atomic mass is 16.6. The summed E-state index contributed by atoms with van der Waals surface area (Å²) < 4.78 is 5.36. The Morgan fingerprint density at radius 1 is 1.31 bits per heavy atom. The van der Waals surface area contributed by atoms with Crippen LogP contribution in [0, 0.1) is 17.8 Å². The van der Waals surface area contributed by atoms with Crippen molar-refractivity contribution < 1.29 is 14.6 Å². The zero-order chi connectivity index (χ0) is 12.3. The number of ether oxygens (including phenoxy) is 1. The highest BCUT2D eigenvalue weighted by Gasteiger charge is 2.32. The minimum atomic E-state index is -1.01. The maximum Gasteiger partial charge on any atom is 0.334 e. The van der Waals surface area contributed by atoms with Gasteiger partial charge in [0.2, 0.25) is 0 Å². The maximum absolute atomic E-state index is 11.4. The van der Waals surface area contributed by atoms with Crippen LogP contribution in [0.3, 0.4) is 0 Å². The van der Waals surface area contributed by atoms with Crippen molar-refractivity contribution in [1.82, 2.24) is 0 Å². The molecule has 1 saturated carbocycles. The molecule has 0 saturated heterocycles. The summed E-state index contributed by atoms with van der Waals surface area (Å²) in [6, 6.07) is 0. The molecule has 0 heterocycles. The largest absolute Gasteiger partial charge is 0.460 e. The smallest absolute Gasteiger partial charge is 0.334 e. The first-order valence-corrected chi connectivity index (χ1v) is 6.30. The summed E-state index contributed by atoms with van der Waals surface area (Å²) in [5.41, 5.74) is 0. The lowest BCUT2D eigenvalue weighted by atomic mass is 9.76. The molecular weight excluding hydrogens is 204 g/mol. The first-order chi connectivity index (χ1) is 7.41. The van der Waals surface area contributed by atoms with Crippen LogP contribution in [-0.2, 0) is 9.53 Å². The molecule has 0 amide bonds. The van der Waals surface area contributed by atoms with E-state index in [0.717, 1.165) is 12.8 Å². The van der Waals surface area contributed by atoms with E-state index in [9.17, 15) is 4.79 Å². The van der Waals surface area contributed by atoms with Crippen LogP contribution in [0.25, 0.3) is 0 Å². The molecule has 1 fully saturated rings. The van der Waals surface area contributed by atoms with Gasteiger partial charge in [-0.25, -0.2) is 4.79 Å². The van der Waals surface area contributed by atoms with Crippen molar-refractivity contribution in [1.29, 1.82) is 0 Å². The molecule has 1 N–H and O–H groups in total. The minimum absolute atomic E-state index is 0.0109. The van der Waals surface area contributed by atoms with Crippen molar-refractivity contribution in [3.63, 3.8) is 0 Å². The summed E-state index contributed by atoms with van der Waals surface area (Å²) in [6.07, 6.45) is 2.26. The molecule has 0 spiro atoms. The molecule has 3 nitrogen and oxygen atoms in total. The first-order valence-electron chi connectivity index (χ1n) is 6.30. The average Bonchev–Trinajstić information content (AvgIpc) is 2.20. The highest BCUT2D eigenvalue weighted by molar-refractivity contribution is 5.74. The van der Waals surface area contributed by atoms with Gasteiger partial charge in [0.25, 0.3) is 0 Å². The van der Waals surface area contributed by atoms with E-state index in [2.05, 4.69) is 20.8 Å². The van der Waals surface area contributed by atoms with E-state index in [1.807, 2.05) is 0 Å². The van der Waals surface area contributed by atoms with Gasteiger partial charge in [-0.1, -0.05) is 20.8 Å². The van der Waals surface area contributed by atoms with Crippen LogP contribution in [-0.4, -0.2) is 23.3 Å². The van der Waals surface area contributed by atoms with E-state index >= 15 is 0 Å². The van der Waals surface area contributed by atoms with Gasteiger partial charge in [-0.15, -0.1) is 0 Å². The van der Waals surface area contributed by atoms with Crippen LogP contribution in [0.5, 0.6) is 0 Å². The first kappa shape index (κ1) is 13.5. The van der Waals surface area contributed by atoms with Crippen molar-refractivity contribution >= 4 is 5.97 Å². The lowest BCUT2D eigenvalue weighted by Crippen LogP contribution is -2.36. The quantitative estimate of drug-likeness (QED) is 0.754. The summed E-state index contributed by atoms with van der Waals surface area (Å²) in [5.74, 6) is 1.21. The predicted molar refractivity (Wildman–Crippen MR) is 62.9 cm³/mol. The monoisotopic (exact) mass is 228 g/mol. The molecule has 94 valence electrons. The molecule has 0 aromatic heterocycles. The summed E-state index contributed by atoms with van der Waals surface area (Å²) in [5, 5.41) is 9.14. The van der Waals surface area contributed by atoms with Crippen LogP contribution in [0.2, 0.25) is 0 Å². The lowest BCUT2D eigenvalue weighted by molar-refractivity contribution is -0.163. The molecule has 0 aromatic carbocycles. The molecule has 0 aliphatic heterocycles. The van der Waals surface area contributed by atoms with E-state index in [4.69, 9.17) is 9.84 Å². The van der Waals surface area contributed by atoms with E-state index < -0.39 is 12.1 Å². The van der Waals surface area contributed by atoms with E-state index in [0.29, 0.717) is 17.8 Å². The fourth-order valence-corrected chi connectivity index (χ4v) is 2.33. The molecule has 1 aliphatic carbocycles. The van der Waals surface area contributed by atoms with Crippen molar-refractivity contribution in [2.75, 3.05) is 0 Å². The third kappa shape index (κ3) is 3.48. The molecule has 0 bridgehead atoms. The van der Waals surface area contributed by atoms with Gasteiger partial charge < -0.3 is 9.84 Å². The number of aliphatic hydroxyl groups is 1. The second kappa shape index (κ2) is 5.67. The molecule has 0 aromatic rings. The van der Waals surface area contributed by atoms with Gasteiger partial charge >= 0.3 is 5.97 Å². The number of hydrogen-bond acceptors (Lipinski definition) is 3. The zero-order valence-electron chi connectivity index (χ0n) is 10.8. The average molecular weight is 228 g/mol. The standard InChI is InChI=1S/C13H24O3/c1-8(2)11-6-5-9(3)12(7-11)16-13(15)10(4)14/h8-12,14H,5-7H2,1-4H3. The third-order valence-corrected chi connectivity index (χ3v) is 3.71. The Labute approximate surface area is 98.2 Å². The molecule has 0 radical (unpaired) electrons. The van der Waals surface area contributed by atoms with Crippen molar-refractivity contribution in [3.8, 4) is 0 Å². The Hall–Kier alpha value is -0.570. The van der Waals surface area contributed by atoms with Crippen LogP contribution < -0.4 is 0 Å². The van der Waals surface area contributed by atoms with Crippen molar-refractivity contribution in [2.45, 2.75) is 59.2 Å². The van der Waals surface area contributed by atoms with E-state index in [-0.39, 0.29) is 6.10 Å². The number of hydrogen-bond donors (Lipinski definition) is 1. The maximum atomic E-state index is 11.4. The fraction of sp³-hybridized carbons (Fsp3) is 0.923. The topological polar surface area (TPSA) is 46.5 Å². The Balaban J connectivity index is 2.53. The van der Waals surface area contributed by atoms with Crippen LogP contribution in [0.1, 0.15) is 47.0 Å². The van der Waals surface area contributed by atoms with Gasteiger partial charge in [0.1, 0.15) is 12.2 Å². The van der Waals surface area contributed by atoms with Gasteiger partial charge in [-0.3, -0.25) is 0 Å². The molecule has 16 heavy (non-hydrogen) atoms. The van der Waals surface area contributed by atoms with Crippen LogP contribution >= 0.6 is 0 Å². The summed E-state index contributed by atoms with van der Waals surface area (Å²) in [4.78, 5) is 11.4. The Morgan fingerprint density at radius 2 is 1.94 bits per heavy atom.